The minimum atomic E-state index is -0.441. The van der Waals surface area contributed by atoms with Crippen LogP contribution in [-0.2, 0) is 11.2 Å². The Kier molecular flexibility index (Phi) is 3.52. The standard InChI is InChI=1S/C13H12FN3O/c14-10-4-5-12(16-8-10)17-13(18)7-9-2-1-3-11(15)6-9/h1-6,8H,7,15H2,(H,16,17,18). The number of hydrogen-bond acceptors (Lipinski definition) is 3. The van der Waals surface area contributed by atoms with Crippen molar-refractivity contribution in [2.24, 2.45) is 0 Å². The summed E-state index contributed by atoms with van der Waals surface area (Å²) in [7, 11) is 0. The maximum Gasteiger partial charge on any atom is 0.229 e. The van der Waals surface area contributed by atoms with E-state index in [4.69, 9.17) is 5.73 Å². The van der Waals surface area contributed by atoms with E-state index >= 15 is 0 Å². The van der Waals surface area contributed by atoms with Gasteiger partial charge in [-0.3, -0.25) is 4.79 Å². The normalized spacial score (nSPS) is 10.1. The van der Waals surface area contributed by atoms with Crippen LogP contribution >= 0.6 is 0 Å². The van der Waals surface area contributed by atoms with Gasteiger partial charge in [0.05, 0.1) is 12.6 Å². The number of anilines is 2. The average molecular weight is 245 g/mol. The van der Waals surface area contributed by atoms with Crippen molar-refractivity contribution in [3.63, 3.8) is 0 Å². The highest BCUT2D eigenvalue weighted by Gasteiger charge is 2.05. The highest BCUT2D eigenvalue weighted by atomic mass is 19.1. The van der Waals surface area contributed by atoms with Gasteiger partial charge in [0.15, 0.2) is 0 Å². The van der Waals surface area contributed by atoms with Crippen molar-refractivity contribution in [3.8, 4) is 0 Å². The van der Waals surface area contributed by atoms with Gasteiger partial charge < -0.3 is 11.1 Å². The van der Waals surface area contributed by atoms with Crippen LogP contribution in [0.5, 0.6) is 0 Å². The molecule has 2 aromatic rings. The molecular weight excluding hydrogens is 233 g/mol. The minimum Gasteiger partial charge on any atom is -0.399 e. The van der Waals surface area contributed by atoms with Crippen LogP contribution in [0.15, 0.2) is 42.6 Å². The van der Waals surface area contributed by atoms with Crippen molar-refractivity contribution < 1.29 is 9.18 Å². The van der Waals surface area contributed by atoms with Gasteiger partial charge in [-0.15, -0.1) is 0 Å². The topological polar surface area (TPSA) is 68.0 Å². The van der Waals surface area contributed by atoms with Crippen LogP contribution in [0, 0.1) is 5.82 Å². The molecule has 18 heavy (non-hydrogen) atoms. The molecule has 0 radical (unpaired) electrons. The van der Waals surface area contributed by atoms with Gasteiger partial charge in [-0.25, -0.2) is 9.37 Å². The predicted molar refractivity (Wildman–Crippen MR) is 67.4 cm³/mol. The van der Waals surface area contributed by atoms with Gasteiger partial charge in [0, 0.05) is 5.69 Å². The van der Waals surface area contributed by atoms with E-state index in [1.165, 1.54) is 12.1 Å². The first kappa shape index (κ1) is 12.0. The second-order valence-electron chi connectivity index (χ2n) is 3.83. The summed E-state index contributed by atoms with van der Waals surface area (Å²) in [6.07, 6.45) is 1.25. The molecule has 1 aromatic carbocycles. The third kappa shape index (κ3) is 3.28. The molecule has 0 fully saturated rings. The van der Waals surface area contributed by atoms with Gasteiger partial charge >= 0.3 is 0 Å². The van der Waals surface area contributed by atoms with E-state index in [0.717, 1.165) is 11.8 Å². The van der Waals surface area contributed by atoms with E-state index in [1.807, 2.05) is 6.07 Å². The molecule has 0 aliphatic carbocycles. The van der Waals surface area contributed by atoms with Gasteiger partial charge in [0.2, 0.25) is 5.91 Å². The van der Waals surface area contributed by atoms with E-state index in [1.54, 1.807) is 18.2 Å². The number of pyridine rings is 1. The van der Waals surface area contributed by atoms with Gasteiger partial charge in [0.25, 0.3) is 0 Å². The van der Waals surface area contributed by atoms with Crippen molar-refractivity contribution in [2.45, 2.75) is 6.42 Å². The third-order valence-corrected chi connectivity index (χ3v) is 2.31. The summed E-state index contributed by atoms with van der Waals surface area (Å²) < 4.78 is 12.6. The second-order valence-corrected chi connectivity index (χ2v) is 3.83. The first-order valence-electron chi connectivity index (χ1n) is 5.39. The van der Waals surface area contributed by atoms with E-state index in [0.29, 0.717) is 11.5 Å². The van der Waals surface area contributed by atoms with Crippen molar-refractivity contribution in [1.29, 1.82) is 0 Å². The lowest BCUT2D eigenvalue weighted by Crippen LogP contribution is -2.15. The maximum absolute atomic E-state index is 12.6. The molecule has 0 atom stereocenters. The molecule has 4 nitrogen and oxygen atoms in total. The summed E-state index contributed by atoms with van der Waals surface area (Å²) in [5.74, 6) is -0.339. The lowest BCUT2D eigenvalue weighted by molar-refractivity contribution is -0.115. The van der Waals surface area contributed by atoms with Crippen LogP contribution in [0.4, 0.5) is 15.9 Å². The van der Waals surface area contributed by atoms with Gasteiger partial charge in [-0.1, -0.05) is 12.1 Å². The molecule has 1 heterocycles. The number of carbonyl (C=O) groups is 1. The maximum atomic E-state index is 12.6. The molecule has 0 spiro atoms. The number of nitrogens with one attached hydrogen (secondary N) is 1. The Balaban J connectivity index is 1.98. The summed E-state index contributed by atoms with van der Waals surface area (Å²) in [6.45, 7) is 0. The molecule has 5 heteroatoms. The van der Waals surface area contributed by atoms with Gasteiger partial charge in [0.1, 0.15) is 11.6 Å². The summed E-state index contributed by atoms with van der Waals surface area (Å²) in [6, 6.07) is 9.73. The molecule has 2 rings (SSSR count). The Labute approximate surface area is 104 Å². The Morgan fingerprint density at radius 3 is 2.83 bits per heavy atom. The van der Waals surface area contributed by atoms with Crippen molar-refractivity contribution in [2.75, 3.05) is 11.1 Å². The molecule has 0 saturated heterocycles. The molecule has 1 amide bonds. The molecule has 3 N–H and O–H groups in total. The SMILES string of the molecule is Nc1cccc(CC(=O)Nc2ccc(F)cn2)c1. The number of carbonyl (C=O) groups excluding carboxylic acids is 1. The van der Waals surface area contributed by atoms with E-state index < -0.39 is 5.82 Å². The highest BCUT2D eigenvalue weighted by molar-refractivity contribution is 5.91. The number of rotatable bonds is 3. The number of amides is 1. The Hall–Kier alpha value is -2.43. The van der Waals surface area contributed by atoms with Crippen LogP contribution in [0.25, 0.3) is 0 Å². The summed E-state index contributed by atoms with van der Waals surface area (Å²) in [5, 5.41) is 2.58. The zero-order valence-corrected chi connectivity index (χ0v) is 9.56. The third-order valence-electron chi connectivity index (χ3n) is 2.31. The number of nitrogens with two attached hydrogens (primary N) is 1. The molecule has 0 saturated carbocycles. The quantitative estimate of drug-likeness (QED) is 0.812. The van der Waals surface area contributed by atoms with E-state index in [-0.39, 0.29) is 12.3 Å². The van der Waals surface area contributed by atoms with Crippen molar-refractivity contribution in [1.82, 2.24) is 4.98 Å². The fourth-order valence-corrected chi connectivity index (χ4v) is 1.53. The molecule has 0 aliphatic rings. The van der Waals surface area contributed by atoms with Crippen LogP contribution in [0.3, 0.4) is 0 Å². The average Bonchev–Trinajstić information content (AvgIpc) is 2.32. The van der Waals surface area contributed by atoms with Crippen LogP contribution in [0.2, 0.25) is 0 Å². The second kappa shape index (κ2) is 5.27. The van der Waals surface area contributed by atoms with E-state index in [9.17, 15) is 9.18 Å². The van der Waals surface area contributed by atoms with Crippen LogP contribution in [-0.4, -0.2) is 10.9 Å². The Morgan fingerprint density at radius 2 is 2.17 bits per heavy atom. The van der Waals surface area contributed by atoms with Gasteiger partial charge in [-0.05, 0) is 29.8 Å². The van der Waals surface area contributed by atoms with Crippen LogP contribution in [0.1, 0.15) is 5.56 Å². The van der Waals surface area contributed by atoms with Crippen molar-refractivity contribution >= 4 is 17.4 Å². The number of nitrogens with zero attached hydrogens (tertiary/aromatic N) is 1. The number of benzene rings is 1. The first-order valence-corrected chi connectivity index (χ1v) is 5.39. The molecular formula is C13H12FN3O. The van der Waals surface area contributed by atoms with Gasteiger partial charge in [-0.2, -0.15) is 0 Å². The summed E-state index contributed by atoms with van der Waals surface area (Å²) in [4.78, 5) is 15.4. The molecule has 0 bridgehead atoms. The number of hydrogen-bond donors (Lipinski definition) is 2. The zero-order valence-electron chi connectivity index (χ0n) is 9.56. The lowest BCUT2D eigenvalue weighted by atomic mass is 10.1. The molecule has 1 aromatic heterocycles. The molecule has 92 valence electrons. The summed E-state index contributed by atoms with van der Waals surface area (Å²) >= 11 is 0. The fourth-order valence-electron chi connectivity index (χ4n) is 1.53. The smallest absolute Gasteiger partial charge is 0.229 e. The zero-order chi connectivity index (χ0) is 13.0. The molecule has 0 aliphatic heterocycles. The van der Waals surface area contributed by atoms with E-state index in [2.05, 4.69) is 10.3 Å². The number of nitrogen functional groups attached to an aromatic ring is 1. The largest absolute Gasteiger partial charge is 0.399 e. The monoisotopic (exact) mass is 245 g/mol. The Morgan fingerprint density at radius 1 is 1.33 bits per heavy atom. The number of halogens is 1. The first-order chi connectivity index (χ1) is 8.63. The van der Waals surface area contributed by atoms with Crippen molar-refractivity contribution in [3.05, 3.63) is 54.0 Å². The Bertz CT molecular complexity index is 554. The summed E-state index contributed by atoms with van der Waals surface area (Å²) in [5.41, 5.74) is 7.04. The number of aromatic nitrogens is 1. The fraction of sp³-hybridized carbons (Fsp3) is 0.0769. The highest BCUT2D eigenvalue weighted by Crippen LogP contribution is 2.09. The minimum absolute atomic E-state index is 0.199. The molecule has 0 unspecified atom stereocenters. The van der Waals surface area contributed by atoms with Crippen LogP contribution < -0.4 is 11.1 Å². The predicted octanol–water partition coefficient (Wildman–Crippen LogP) is 1.98. The lowest BCUT2D eigenvalue weighted by Gasteiger charge is -2.04.